The summed E-state index contributed by atoms with van der Waals surface area (Å²) in [6.45, 7) is 4.29. The molecule has 0 spiro atoms. The smallest absolute Gasteiger partial charge is 0.338 e. The zero-order valence-corrected chi connectivity index (χ0v) is 17.2. The predicted octanol–water partition coefficient (Wildman–Crippen LogP) is 4.22. The molecule has 0 bridgehead atoms. The normalized spacial score (nSPS) is 16.2. The summed E-state index contributed by atoms with van der Waals surface area (Å²) in [5.41, 5.74) is 2.47. The first kappa shape index (κ1) is 19.9. The van der Waals surface area contributed by atoms with E-state index in [1.807, 2.05) is 49.4 Å². The number of esters is 1. The first-order valence-corrected chi connectivity index (χ1v) is 9.70. The lowest BCUT2D eigenvalue weighted by Gasteiger charge is -2.28. The van der Waals surface area contributed by atoms with Crippen molar-refractivity contribution in [2.75, 3.05) is 6.61 Å². The maximum absolute atomic E-state index is 12.8. The number of hydrogen-bond acceptors (Lipinski definition) is 4. The molecule has 2 N–H and O–H groups in total. The average Bonchev–Trinajstić information content (AvgIpc) is 2.68. The number of carbonyl (C=O) groups is 2. The molecule has 0 aliphatic carbocycles. The maximum atomic E-state index is 12.8. The molecule has 0 radical (unpaired) electrons. The SMILES string of the molecule is CCOc1ccc(C2NC(=O)NC(C)=C2C(=O)OCc2ccccc2)cc1Br. The van der Waals surface area contributed by atoms with Gasteiger partial charge in [0.2, 0.25) is 0 Å². The predicted molar refractivity (Wildman–Crippen MR) is 109 cm³/mol. The first-order chi connectivity index (χ1) is 13.5. The molecule has 0 aromatic heterocycles. The zero-order valence-electron chi connectivity index (χ0n) is 15.6. The van der Waals surface area contributed by atoms with Gasteiger partial charge in [-0.15, -0.1) is 0 Å². The quantitative estimate of drug-likeness (QED) is 0.653. The molecule has 0 fully saturated rings. The number of halogens is 1. The molecular weight excluding hydrogens is 424 g/mol. The van der Waals surface area contributed by atoms with E-state index in [-0.39, 0.29) is 12.6 Å². The van der Waals surface area contributed by atoms with E-state index in [1.54, 1.807) is 13.0 Å². The molecule has 1 atom stereocenters. The highest BCUT2D eigenvalue weighted by molar-refractivity contribution is 9.10. The van der Waals surface area contributed by atoms with Crippen LogP contribution < -0.4 is 15.4 Å². The summed E-state index contributed by atoms with van der Waals surface area (Å²) >= 11 is 3.48. The molecule has 0 saturated heterocycles. The number of carbonyl (C=O) groups excluding carboxylic acids is 2. The lowest BCUT2D eigenvalue weighted by Crippen LogP contribution is -2.45. The summed E-state index contributed by atoms with van der Waals surface area (Å²) in [5.74, 6) is 0.212. The zero-order chi connectivity index (χ0) is 20.1. The van der Waals surface area contributed by atoms with E-state index in [0.29, 0.717) is 23.6 Å². The van der Waals surface area contributed by atoms with Crippen molar-refractivity contribution < 1.29 is 19.1 Å². The summed E-state index contributed by atoms with van der Waals surface area (Å²) in [4.78, 5) is 24.8. The van der Waals surface area contributed by atoms with Gasteiger partial charge in [0.25, 0.3) is 0 Å². The number of nitrogens with one attached hydrogen (secondary N) is 2. The van der Waals surface area contributed by atoms with Crippen molar-refractivity contribution in [2.24, 2.45) is 0 Å². The van der Waals surface area contributed by atoms with Gasteiger partial charge >= 0.3 is 12.0 Å². The second-order valence-electron chi connectivity index (χ2n) is 6.25. The molecule has 1 heterocycles. The van der Waals surface area contributed by atoms with Gasteiger partial charge in [-0.3, -0.25) is 0 Å². The molecule has 6 nitrogen and oxygen atoms in total. The number of amides is 2. The lowest BCUT2D eigenvalue weighted by atomic mass is 9.95. The van der Waals surface area contributed by atoms with E-state index < -0.39 is 12.0 Å². The van der Waals surface area contributed by atoms with Gasteiger partial charge < -0.3 is 20.1 Å². The largest absolute Gasteiger partial charge is 0.493 e. The first-order valence-electron chi connectivity index (χ1n) is 8.91. The number of allylic oxidation sites excluding steroid dienone is 1. The summed E-state index contributed by atoms with van der Waals surface area (Å²) in [5, 5.41) is 5.45. The lowest BCUT2D eigenvalue weighted by molar-refractivity contribution is -0.140. The van der Waals surface area contributed by atoms with E-state index in [2.05, 4.69) is 26.6 Å². The summed E-state index contributed by atoms with van der Waals surface area (Å²) in [6, 6.07) is 13.9. The van der Waals surface area contributed by atoms with Crippen LogP contribution in [0.3, 0.4) is 0 Å². The molecule has 1 aliphatic rings. The second-order valence-corrected chi connectivity index (χ2v) is 7.11. The number of benzene rings is 2. The van der Waals surface area contributed by atoms with Crippen molar-refractivity contribution in [3.05, 3.63) is 75.4 Å². The van der Waals surface area contributed by atoms with Gasteiger partial charge in [-0.2, -0.15) is 0 Å². The molecule has 2 amide bonds. The van der Waals surface area contributed by atoms with E-state index in [9.17, 15) is 9.59 Å². The Labute approximate surface area is 172 Å². The Bertz CT molecular complexity index is 912. The third kappa shape index (κ3) is 4.54. The van der Waals surface area contributed by atoms with Crippen molar-refractivity contribution in [2.45, 2.75) is 26.5 Å². The molecular formula is C21H21BrN2O4. The average molecular weight is 445 g/mol. The fourth-order valence-electron chi connectivity index (χ4n) is 2.98. The Morgan fingerprint density at radius 2 is 1.93 bits per heavy atom. The Kier molecular flexibility index (Phi) is 6.36. The molecule has 2 aromatic rings. The minimum absolute atomic E-state index is 0.157. The van der Waals surface area contributed by atoms with Gasteiger partial charge in [0, 0.05) is 5.70 Å². The van der Waals surface area contributed by atoms with Crippen LogP contribution in [0.1, 0.15) is 31.0 Å². The van der Waals surface area contributed by atoms with Crippen LogP contribution in [0.5, 0.6) is 5.75 Å². The van der Waals surface area contributed by atoms with Gasteiger partial charge in [-0.1, -0.05) is 36.4 Å². The maximum Gasteiger partial charge on any atom is 0.338 e. The van der Waals surface area contributed by atoms with E-state index in [0.717, 1.165) is 15.6 Å². The number of rotatable bonds is 6. The van der Waals surface area contributed by atoms with Crippen LogP contribution in [-0.4, -0.2) is 18.6 Å². The molecule has 1 unspecified atom stereocenters. The van der Waals surface area contributed by atoms with E-state index in [1.165, 1.54) is 0 Å². The fraction of sp³-hybridized carbons (Fsp3) is 0.238. The topological polar surface area (TPSA) is 76.7 Å². The molecule has 3 rings (SSSR count). The van der Waals surface area contributed by atoms with Crippen LogP contribution in [0, 0.1) is 0 Å². The molecule has 1 aliphatic heterocycles. The van der Waals surface area contributed by atoms with Crippen LogP contribution in [0.15, 0.2) is 64.3 Å². The molecule has 146 valence electrons. The van der Waals surface area contributed by atoms with Crippen LogP contribution in [0.25, 0.3) is 0 Å². The Balaban J connectivity index is 1.86. The number of hydrogen-bond donors (Lipinski definition) is 2. The van der Waals surface area contributed by atoms with Crippen LogP contribution >= 0.6 is 15.9 Å². The van der Waals surface area contributed by atoms with Gasteiger partial charge in [-0.25, -0.2) is 9.59 Å². The number of ether oxygens (including phenoxy) is 2. The summed E-state index contributed by atoms with van der Waals surface area (Å²) in [6.07, 6.45) is 0. The molecule has 2 aromatic carbocycles. The minimum Gasteiger partial charge on any atom is -0.493 e. The third-order valence-electron chi connectivity index (χ3n) is 4.29. The Morgan fingerprint density at radius 3 is 2.61 bits per heavy atom. The van der Waals surface area contributed by atoms with Crippen LogP contribution in [-0.2, 0) is 16.1 Å². The van der Waals surface area contributed by atoms with Crippen LogP contribution in [0.2, 0.25) is 0 Å². The standard InChI is InChI=1S/C21H21BrN2O4/c1-3-27-17-10-9-15(11-16(17)22)19-18(13(2)23-21(26)24-19)20(25)28-12-14-7-5-4-6-8-14/h4-11,19H,3,12H2,1-2H3,(H2,23,24,26). The van der Waals surface area contributed by atoms with Crippen molar-refractivity contribution >= 4 is 27.9 Å². The van der Waals surface area contributed by atoms with Gasteiger partial charge in [0.05, 0.1) is 22.7 Å². The third-order valence-corrected chi connectivity index (χ3v) is 4.91. The monoisotopic (exact) mass is 444 g/mol. The van der Waals surface area contributed by atoms with E-state index in [4.69, 9.17) is 9.47 Å². The summed E-state index contributed by atoms with van der Waals surface area (Å²) < 4.78 is 11.8. The van der Waals surface area contributed by atoms with Crippen molar-refractivity contribution in [1.29, 1.82) is 0 Å². The molecule has 0 saturated carbocycles. The fourth-order valence-corrected chi connectivity index (χ4v) is 3.50. The van der Waals surface area contributed by atoms with Gasteiger partial charge in [0.1, 0.15) is 12.4 Å². The Hall–Kier alpha value is -2.80. The highest BCUT2D eigenvalue weighted by Crippen LogP contribution is 2.33. The highest BCUT2D eigenvalue weighted by atomic mass is 79.9. The van der Waals surface area contributed by atoms with E-state index >= 15 is 0 Å². The van der Waals surface area contributed by atoms with Crippen molar-refractivity contribution in [3.8, 4) is 5.75 Å². The van der Waals surface area contributed by atoms with Crippen LogP contribution in [0.4, 0.5) is 4.79 Å². The van der Waals surface area contributed by atoms with Gasteiger partial charge in [0.15, 0.2) is 0 Å². The van der Waals surface area contributed by atoms with Gasteiger partial charge in [-0.05, 0) is 53.0 Å². The number of urea groups is 1. The second kappa shape index (κ2) is 8.93. The highest BCUT2D eigenvalue weighted by Gasteiger charge is 2.32. The molecule has 7 heteroatoms. The minimum atomic E-state index is -0.621. The Morgan fingerprint density at radius 1 is 1.18 bits per heavy atom. The van der Waals surface area contributed by atoms with Crippen molar-refractivity contribution in [1.82, 2.24) is 10.6 Å². The molecule has 28 heavy (non-hydrogen) atoms. The summed E-state index contributed by atoms with van der Waals surface area (Å²) in [7, 11) is 0. The van der Waals surface area contributed by atoms with Crippen molar-refractivity contribution in [3.63, 3.8) is 0 Å².